The highest BCUT2D eigenvalue weighted by atomic mass is 16.5. The fourth-order valence-corrected chi connectivity index (χ4v) is 2.47. The molecule has 1 aromatic rings. The Morgan fingerprint density at radius 1 is 1.20 bits per heavy atom. The van der Waals surface area contributed by atoms with Crippen LogP contribution in [0.25, 0.3) is 0 Å². The van der Waals surface area contributed by atoms with E-state index in [0.29, 0.717) is 6.61 Å². The molecule has 0 amide bonds. The van der Waals surface area contributed by atoms with Crippen molar-refractivity contribution in [2.75, 3.05) is 6.61 Å². The minimum absolute atomic E-state index is 0.0293. The molecule has 0 unspecified atom stereocenters. The van der Waals surface area contributed by atoms with Crippen LogP contribution in [0.5, 0.6) is 0 Å². The van der Waals surface area contributed by atoms with Crippen molar-refractivity contribution in [2.24, 2.45) is 11.7 Å². The smallest absolute Gasteiger partial charge is 0.313 e. The number of benzene rings is 1. The summed E-state index contributed by atoms with van der Waals surface area (Å²) in [5, 5.41) is 7.29. The standard InChI is InChI=1S/C9H12N2.C9H14O3.C2H6/c1-6-4-3-5-7(2)8(6)9(10)11;1-2-12-9(11)6-8(10)7-4-3-5-7;1-2/h3-5H,1-2H3,(H3,10,11);7H,2-6H2,1H3;1-2H3. The number of carbonyl (C=O) groups excluding carboxylic acids is 2. The quantitative estimate of drug-likeness (QED) is 0.365. The van der Waals surface area contributed by atoms with Crippen LogP contribution in [0, 0.1) is 25.2 Å². The number of ether oxygens (including phenoxy) is 1. The van der Waals surface area contributed by atoms with Gasteiger partial charge < -0.3 is 10.5 Å². The summed E-state index contributed by atoms with van der Waals surface area (Å²) in [6.45, 7) is 10.0. The lowest BCUT2D eigenvalue weighted by Gasteiger charge is -2.23. The first-order valence-electron chi connectivity index (χ1n) is 8.95. The molecule has 2 rings (SSSR count). The van der Waals surface area contributed by atoms with Crippen molar-refractivity contribution in [2.45, 2.75) is 60.3 Å². The summed E-state index contributed by atoms with van der Waals surface area (Å²) in [4.78, 5) is 22.1. The van der Waals surface area contributed by atoms with Crippen molar-refractivity contribution in [3.63, 3.8) is 0 Å². The van der Waals surface area contributed by atoms with Crippen LogP contribution in [0.4, 0.5) is 0 Å². The van der Waals surface area contributed by atoms with Crippen molar-refractivity contribution in [3.8, 4) is 0 Å². The molecule has 1 aromatic carbocycles. The van der Waals surface area contributed by atoms with E-state index in [-0.39, 0.29) is 29.9 Å². The SMILES string of the molecule is CC.CCOC(=O)CC(=O)C1CCC1.Cc1cccc(C)c1C(=N)N. The molecule has 0 heterocycles. The largest absolute Gasteiger partial charge is 0.466 e. The molecule has 5 heteroatoms. The maximum atomic E-state index is 11.2. The summed E-state index contributed by atoms with van der Waals surface area (Å²) in [5.74, 6) is -0.0240. The molecule has 0 spiro atoms. The van der Waals surface area contributed by atoms with Crippen LogP contribution in [0.2, 0.25) is 0 Å². The molecule has 25 heavy (non-hydrogen) atoms. The average Bonchev–Trinajstić information content (AvgIpc) is 2.47. The highest BCUT2D eigenvalue weighted by Crippen LogP contribution is 2.28. The van der Waals surface area contributed by atoms with Crippen molar-refractivity contribution in [3.05, 3.63) is 34.9 Å². The van der Waals surface area contributed by atoms with E-state index in [9.17, 15) is 9.59 Å². The van der Waals surface area contributed by atoms with Crippen LogP contribution in [0.1, 0.15) is 63.1 Å². The first kappa shape index (κ1) is 22.8. The Morgan fingerprint density at radius 3 is 2.04 bits per heavy atom. The van der Waals surface area contributed by atoms with Gasteiger partial charge in [-0.1, -0.05) is 38.5 Å². The zero-order valence-corrected chi connectivity index (χ0v) is 16.1. The van der Waals surface area contributed by atoms with Crippen LogP contribution >= 0.6 is 0 Å². The molecule has 1 aliphatic rings. The minimum atomic E-state index is -0.380. The Balaban J connectivity index is 0.000000421. The monoisotopic (exact) mass is 348 g/mol. The summed E-state index contributed by atoms with van der Waals surface area (Å²) in [6, 6.07) is 5.89. The van der Waals surface area contributed by atoms with Gasteiger partial charge in [0.1, 0.15) is 18.0 Å². The third-order valence-corrected chi connectivity index (χ3v) is 3.93. The highest BCUT2D eigenvalue weighted by Gasteiger charge is 2.26. The third kappa shape index (κ3) is 7.96. The molecule has 5 nitrogen and oxygen atoms in total. The maximum Gasteiger partial charge on any atom is 0.313 e. The number of Topliss-reactive ketones (excluding diaryl/α,β-unsaturated/α-hetero) is 1. The van der Waals surface area contributed by atoms with Crippen molar-refractivity contribution in [1.29, 1.82) is 5.41 Å². The van der Waals surface area contributed by atoms with Crippen molar-refractivity contribution >= 4 is 17.6 Å². The van der Waals surface area contributed by atoms with Crippen LogP contribution < -0.4 is 5.73 Å². The van der Waals surface area contributed by atoms with Gasteiger partial charge in [-0.05, 0) is 44.7 Å². The van der Waals surface area contributed by atoms with E-state index >= 15 is 0 Å². The van der Waals surface area contributed by atoms with Gasteiger partial charge in [-0.2, -0.15) is 0 Å². The number of ketones is 1. The van der Waals surface area contributed by atoms with Gasteiger partial charge >= 0.3 is 5.97 Å². The number of nitrogens with one attached hydrogen (secondary N) is 1. The number of carbonyl (C=O) groups is 2. The summed E-state index contributed by atoms with van der Waals surface area (Å²) >= 11 is 0. The van der Waals surface area contributed by atoms with E-state index in [1.54, 1.807) is 6.92 Å². The van der Waals surface area contributed by atoms with Crippen LogP contribution in [0.15, 0.2) is 18.2 Å². The van der Waals surface area contributed by atoms with Gasteiger partial charge in [-0.25, -0.2) is 0 Å². The fraction of sp³-hybridized carbons (Fsp3) is 0.550. The van der Waals surface area contributed by atoms with Gasteiger partial charge in [0.2, 0.25) is 0 Å². The Morgan fingerprint density at radius 2 is 1.72 bits per heavy atom. The number of nitrogen functional groups attached to an aromatic ring is 1. The number of hydrogen-bond acceptors (Lipinski definition) is 4. The van der Waals surface area contributed by atoms with Gasteiger partial charge in [-0.3, -0.25) is 15.0 Å². The number of esters is 1. The highest BCUT2D eigenvalue weighted by molar-refractivity contribution is 5.98. The molecule has 0 bridgehead atoms. The summed E-state index contributed by atoms with van der Waals surface area (Å²) in [5.41, 5.74) is 8.40. The summed E-state index contributed by atoms with van der Waals surface area (Å²) in [6.07, 6.45) is 3.01. The Hall–Kier alpha value is -2.17. The topological polar surface area (TPSA) is 93.2 Å². The first-order valence-corrected chi connectivity index (χ1v) is 8.95. The maximum absolute atomic E-state index is 11.2. The molecule has 1 fully saturated rings. The van der Waals surface area contributed by atoms with Gasteiger partial charge in [0.15, 0.2) is 0 Å². The minimum Gasteiger partial charge on any atom is -0.466 e. The lowest BCUT2D eigenvalue weighted by Crippen LogP contribution is -2.24. The zero-order chi connectivity index (χ0) is 19.4. The van der Waals surface area contributed by atoms with Gasteiger partial charge in [0.05, 0.1) is 6.61 Å². The molecule has 1 saturated carbocycles. The predicted octanol–water partition coefficient (Wildman–Crippen LogP) is 3.92. The summed E-state index contributed by atoms with van der Waals surface area (Å²) in [7, 11) is 0. The van der Waals surface area contributed by atoms with Gasteiger partial charge in [-0.15, -0.1) is 0 Å². The second kappa shape index (κ2) is 12.2. The van der Waals surface area contributed by atoms with E-state index in [2.05, 4.69) is 4.74 Å². The van der Waals surface area contributed by atoms with Crippen LogP contribution in [-0.2, 0) is 14.3 Å². The lowest BCUT2D eigenvalue weighted by atomic mass is 9.81. The normalized spacial score (nSPS) is 12.5. The van der Waals surface area contributed by atoms with E-state index in [4.69, 9.17) is 11.1 Å². The molecule has 0 aromatic heterocycles. The lowest BCUT2D eigenvalue weighted by molar-refractivity contribution is -0.146. The third-order valence-electron chi connectivity index (χ3n) is 3.93. The first-order chi connectivity index (χ1) is 11.9. The molecule has 140 valence electrons. The van der Waals surface area contributed by atoms with Gasteiger partial charge in [0, 0.05) is 11.5 Å². The molecule has 0 atom stereocenters. The molecular weight excluding hydrogens is 316 g/mol. The number of nitrogens with two attached hydrogens (primary N) is 1. The van der Waals surface area contributed by atoms with E-state index in [0.717, 1.165) is 36.0 Å². The van der Waals surface area contributed by atoms with E-state index in [1.165, 1.54) is 0 Å². The van der Waals surface area contributed by atoms with Crippen molar-refractivity contribution in [1.82, 2.24) is 0 Å². The number of amidine groups is 1. The molecular formula is C20H32N2O3. The van der Waals surface area contributed by atoms with Crippen molar-refractivity contribution < 1.29 is 14.3 Å². The molecule has 3 N–H and O–H groups in total. The number of hydrogen-bond donors (Lipinski definition) is 2. The Bertz CT molecular complexity index is 558. The zero-order valence-electron chi connectivity index (χ0n) is 16.1. The fourth-order valence-electron chi connectivity index (χ4n) is 2.47. The number of aryl methyl sites for hydroxylation is 2. The average molecular weight is 348 g/mol. The second-order valence-corrected chi connectivity index (χ2v) is 5.76. The molecule has 1 aliphatic carbocycles. The molecule has 0 saturated heterocycles. The Labute approximate surface area is 151 Å². The Kier molecular flexibility index (Phi) is 11.2. The molecule has 0 radical (unpaired) electrons. The second-order valence-electron chi connectivity index (χ2n) is 5.76. The summed E-state index contributed by atoms with van der Waals surface area (Å²) < 4.78 is 4.67. The van der Waals surface area contributed by atoms with Crippen LogP contribution in [0.3, 0.4) is 0 Å². The molecule has 0 aliphatic heterocycles. The van der Waals surface area contributed by atoms with E-state index in [1.807, 2.05) is 45.9 Å². The van der Waals surface area contributed by atoms with Crippen LogP contribution in [-0.4, -0.2) is 24.2 Å². The van der Waals surface area contributed by atoms with E-state index < -0.39 is 0 Å². The van der Waals surface area contributed by atoms with Gasteiger partial charge in [0.25, 0.3) is 0 Å². The predicted molar refractivity (Wildman–Crippen MR) is 102 cm³/mol. The number of rotatable bonds is 5.